The standard InChI is InChI=1S/C20H26N6O4/c1-25(2)18-11-12-21-20(24-18)23-15-9-7-14(8-10-15)22-19(27)13-30-17-6-4-3-5-16(17)26(28)29/h3-6,11-12,14-15H,7-10,13H2,1-2H3,(H,22,27)(H,21,23,24). The highest BCUT2D eigenvalue weighted by Crippen LogP contribution is 2.26. The van der Waals surface area contributed by atoms with Gasteiger partial charge in [-0.05, 0) is 37.8 Å². The van der Waals surface area contributed by atoms with Gasteiger partial charge in [-0.2, -0.15) is 4.98 Å². The van der Waals surface area contributed by atoms with Gasteiger partial charge in [-0.25, -0.2) is 4.98 Å². The lowest BCUT2D eigenvalue weighted by Crippen LogP contribution is -2.42. The SMILES string of the molecule is CN(C)c1ccnc(NC2CCC(NC(=O)COc3ccccc3[N+](=O)[O-])CC2)n1. The van der Waals surface area contributed by atoms with Crippen molar-refractivity contribution in [1.29, 1.82) is 0 Å². The van der Waals surface area contributed by atoms with Crippen LogP contribution in [0.1, 0.15) is 25.7 Å². The van der Waals surface area contributed by atoms with E-state index in [2.05, 4.69) is 20.6 Å². The van der Waals surface area contributed by atoms with Gasteiger partial charge in [0.05, 0.1) is 4.92 Å². The normalized spacial score (nSPS) is 18.3. The second kappa shape index (κ2) is 9.86. The van der Waals surface area contributed by atoms with E-state index in [-0.39, 0.29) is 36.0 Å². The van der Waals surface area contributed by atoms with E-state index >= 15 is 0 Å². The van der Waals surface area contributed by atoms with Crippen molar-refractivity contribution in [3.8, 4) is 5.75 Å². The zero-order chi connectivity index (χ0) is 21.5. The van der Waals surface area contributed by atoms with E-state index in [0.717, 1.165) is 31.5 Å². The van der Waals surface area contributed by atoms with Crippen LogP contribution in [-0.4, -0.2) is 53.6 Å². The number of carbonyl (C=O) groups excluding carboxylic acids is 1. The molecule has 0 spiro atoms. The topological polar surface area (TPSA) is 123 Å². The van der Waals surface area contributed by atoms with E-state index in [0.29, 0.717) is 5.95 Å². The van der Waals surface area contributed by atoms with Gasteiger partial charge in [0.25, 0.3) is 5.91 Å². The molecule has 1 amide bonds. The lowest BCUT2D eigenvalue weighted by Gasteiger charge is -2.29. The number of carbonyl (C=O) groups is 1. The average Bonchev–Trinajstić information content (AvgIpc) is 2.74. The fraction of sp³-hybridized carbons (Fsp3) is 0.450. The number of nitro groups is 1. The van der Waals surface area contributed by atoms with Gasteiger partial charge in [0.2, 0.25) is 5.95 Å². The number of nitrogens with one attached hydrogen (secondary N) is 2. The molecule has 30 heavy (non-hydrogen) atoms. The molecule has 1 aliphatic rings. The van der Waals surface area contributed by atoms with Crippen LogP contribution in [0, 0.1) is 10.1 Å². The van der Waals surface area contributed by atoms with E-state index in [1.165, 1.54) is 12.1 Å². The monoisotopic (exact) mass is 414 g/mol. The summed E-state index contributed by atoms with van der Waals surface area (Å²) in [5, 5.41) is 17.3. The number of ether oxygens (including phenoxy) is 1. The summed E-state index contributed by atoms with van der Waals surface area (Å²) in [4.78, 5) is 33.3. The Labute approximate surface area is 174 Å². The van der Waals surface area contributed by atoms with Gasteiger partial charge >= 0.3 is 5.69 Å². The average molecular weight is 414 g/mol. The fourth-order valence-electron chi connectivity index (χ4n) is 3.38. The van der Waals surface area contributed by atoms with E-state index < -0.39 is 4.92 Å². The molecule has 1 aromatic heterocycles. The maximum absolute atomic E-state index is 12.2. The molecular formula is C20H26N6O4. The molecule has 3 rings (SSSR count). The minimum Gasteiger partial charge on any atom is -0.477 e. The summed E-state index contributed by atoms with van der Waals surface area (Å²) < 4.78 is 5.35. The third kappa shape index (κ3) is 5.79. The smallest absolute Gasteiger partial charge is 0.310 e. The molecular weight excluding hydrogens is 388 g/mol. The molecule has 0 atom stereocenters. The number of hydrogen-bond acceptors (Lipinski definition) is 8. The molecule has 1 aromatic carbocycles. The van der Waals surface area contributed by atoms with Gasteiger partial charge in [0.15, 0.2) is 12.4 Å². The van der Waals surface area contributed by atoms with Crippen molar-refractivity contribution in [2.24, 2.45) is 0 Å². The van der Waals surface area contributed by atoms with Crippen molar-refractivity contribution < 1.29 is 14.5 Å². The first-order valence-electron chi connectivity index (χ1n) is 9.85. The third-order valence-corrected chi connectivity index (χ3v) is 4.95. The summed E-state index contributed by atoms with van der Waals surface area (Å²) in [6.45, 7) is -0.256. The molecule has 0 radical (unpaired) electrons. The van der Waals surface area contributed by atoms with Gasteiger partial charge in [-0.3, -0.25) is 14.9 Å². The predicted molar refractivity (Wildman–Crippen MR) is 113 cm³/mol. The number of benzene rings is 1. The highest BCUT2D eigenvalue weighted by molar-refractivity contribution is 5.78. The van der Waals surface area contributed by atoms with Crippen molar-refractivity contribution in [3.63, 3.8) is 0 Å². The van der Waals surface area contributed by atoms with E-state index in [4.69, 9.17) is 4.74 Å². The number of nitrogens with zero attached hydrogens (tertiary/aromatic N) is 4. The Morgan fingerprint density at radius 1 is 1.20 bits per heavy atom. The van der Waals surface area contributed by atoms with Crippen LogP contribution in [0.3, 0.4) is 0 Å². The molecule has 10 nitrogen and oxygen atoms in total. The molecule has 1 fully saturated rings. The molecule has 1 saturated carbocycles. The molecule has 2 aromatic rings. The van der Waals surface area contributed by atoms with Gasteiger partial charge in [-0.1, -0.05) is 12.1 Å². The third-order valence-electron chi connectivity index (χ3n) is 4.95. The van der Waals surface area contributed by atoms with Crippen molar-refractivity contribution in [2.45, 2.75) is 37.8 Å². The highest BCUT2D eigenvalue weighted by atomic mass is 16.6. The summed E-state index contributed by atoms with van der Waals surface area (Å²) in [6, 6.07) is 8.17. The lowest BCUT2D eigenvalue weighted by atomic mass is 9.91. The summed E-state index contributed by atoms with van der Waals surface area (Å²) in [5.74, 6) is 1.25. The van der Waals surface area contributed by atoms with E-state index in [9.17, 15) is 14.9 Å². The van der Waals surface area contributed by atoms with Gasteiger partial charge in [0, 0.05) is 38.4 Å². The molecule has 1 aliphatic carbocycles. The first-order valence-corrected chi connectivity index (χ1v) is 9.85. The van der Waals surface area contributed by atoms with Gasteiger partial charge < -0.3 is 20.3 Å². The Hall–Kier alpha value is -3.43. The second-order valence-electron chi connectivity index (χ2n) is 7.41. The Morgan fingerprint density at radius 3 is 2.60 bits per heavy atom. The summed E-state index contributed by atoms with van der Waals surface area (Å²) >= 11 is 0. The summed E-state index contributed by atoms with van der Waals surface area (Å²) in [5.41, 5.74) is -0.155. The summed E-state index contributed by atoms with van der Waals surface area (Å²) in [6.07, 6.45) is 5.13. The fourth-order valence-corrected chi connectivity index (χ4v) is 3.38. The van der Waals surface area contributed by atoms with Crippen LogP contribution >= 0.6 is 0 Å². The van der Waals surface area contributed by atoms with Crippen LogP contribution in [0.4, 0.5) is 17.5 Å². The van der Waals surface area contributed by atoms with Crippen molar-refractivity contribution in [3.05, 3.63) is 46.6 Å². The number of rotatable bonds is 8. The van der Waals surface area contributed by atoms with Gasteiger partial charge in [0.1, 0.15) is 5.82 Å². The first kappa shape index (κ1) is 21.3. The van der Waals surface area contributed by atoms with Crippen molar-refractivity contribution >= 4 is 23.4 Å². The maximum Gasteiger partial charge on any atom is 0.310 e. The van der Waals surface area contributed by atoms with Crippen LogP contribution < -0.4 is 20.3 Å². The molecule has 0 unspecified atom stereocenters. The second-order valence-corrected chi connectivity index (χ2v) is 7.41. The van der Waals surface area contributed by atoms with Crippen LogP contribution in [0.2, 0.25) is 0 Å². The number of anilines is 2. The number of aromatic nitrogens is 2. The van der Waals surface area contributed by atoms with Crippen molar-refractivity contribution in [2.75, 3.05) is 30.9 Å². The molecule has 160 valence electrons. The lowest BCUT2D eigenvalue weighted by molar-refractivity contribution is -0.385. The number of para-hydroxylation sites is 2. The maximum atomic E-state index is 12.2. The number of amides is 1. The Morgan fingerprint density at radius 2 is 1.90 bits per heavy atom. The quantitative estimate of drug-likeness (QED) is 0.499. The zero-order valence-corrected chi connectivity index (χ0v) is 17.1. The molecule has 0 bridgehead atoms. The Kier molecular flexibility index (Phi) is 6.99. The largest absolute Gasteiger partial charge is 0.477 e. The predicted octanol–water partition coefficient (Wildman–Crippen LogP) is 2.37. The molecule has 2 N–H and O–H groups in total. The van der Waals surface area contributed by atoms with Crippen LogP contribution in [0.5, 0.6) is 5.75 Å². The minimum absolute atomic E-state index is 0.0546. The molecule has 1 heterocycles. The van der Waals surface area contributed by atoms with Crippen LogP contribution in [0.25, 0.3) is 0 Å². The van der Waals surface area contributed by atoms with E-state index in [1.54, 1.807) is 18.3 Å². The number of nitro benzene ring substituents is 1. The molecule has 0 saturated heterocycles. The first-order chi connectivity index (χ1) is 14.4. The molecule has 0 aliphatic heterocycles. The van der Waals surface area contributed by atoms with E-state index in [1.807, 2.05) is 25.1 Å². The molecule has 10 heteroatoms. The van der Waals surface area contributed by atoms with Crippen LogP contribution in [-0.2, 0) is 4.79 Å². The Balaban J connectivity index is 1.43. The van der Waals surface area contributed by atoms with Crippen molar-refractivity contribution in [1.82, 2.24) is 15.3 Å². The zero-order valence-electron chi connectivity index (χ0n) is 17.1. The number of hydrogen-bond donors (Lipinski definition) is 2. The summed E-state index contributed by atoms with van der Waals surface area (Å²) in [7, 11) is 3.86. The van der Waals surface area contributed by atoms with Gasteiger partial charge in [-0.15, -0.1) is 0 Å². The van der Waals surface area contributed by atoms with Crippen LogP contribution in [0.15, 0.2) is 36.5 Å². The Bertz CT molecular complexity index is 883. The highest BCUT2D eigenvalue weighted by Gasteiger charge is 2.23. The minimum atomic E-state index is -0.528.